The van der Waals surface area contributed by atoms with Crippen LogP contribution in [0.3, 0.4) is 0 Å². The molecule has 1 aromatic rings. The lowest BCUT2D eigenvalue weighted by molar-refractivity contribution is 0.00519. The molecule has 4 nitrogen and oxygen atoms in total. The fourth-order valence-electron chi connectivity index (χ4n) is 2.06. The molecular weight excluding hydrogens is 311 g/mol. The minimum absolute atomic E-state index is 0.258. The molecule has 0 spiro atoms. The van der Waals surface area contributed by atoms with E-state index in [1.807, 2.05) is 32.9 Å². The molecule has 1 saturated heterocycles. The van der Waals surface area contributed by atoms with Gasteiger partial charge in [-0.25, -0.2) is 4.79 Å². The SMILES string of the molecule is CC(C)(C)OC(=O)N1CC(NCc2cc(Cl)cc(Cl)c2)C1. The Morgan fingerprint density at radius 1 is 1.29 bits per heavy atom. The zero-order valence-electron chi connectivity index (χ0n) is 12.5. The number of hydrogen-bond acceptors (Lipinski definition) is 3. The summed E-state index contributed by atoms with van der Waals surface area (Å²) in [5.74, 6) is 0. The van der Waals surface area contributed by atoms with E-state index in [4.69, 9.17) is 27.9 Å². The number of amides is 1. The maximum absolute atomic E-state index is 11.8. The van der Waals surface area contributed by atoms with E-state index >= 15 is 0 Å². The second-order valence-electron chi connectivity index (χ2n) is 6.24. The van der Waals surface area contributed by atoms with Crippen LogP contribution in [-0.4, -0.2) is 35.7 Å². The highest BCUT2D eigenvalue weighted by Crippen LogP contribution is 2.20. The topological polar surface area (TPSA) is 41.6 Å². The van der Waals surface area contributed by atoms with Gasteiger partial charge in [0.1, 0.15) is 5.60 Å². The predicted octanol–water partition coefficient (Wildman–Crippen LogP) is 3.70. The highest BCUT2D eigenvalue weighted by atomic mass is 35.5. The first kappa shape index (κ1) is 16.4. The molecule has 1 aliphatic heterocycles. The number of carbonyl (C=O) groups is 1. The fourth-order valence-corrected chi connectivity index (χ4v) is 2.63. The standard InChI is InChI=1S/C15H20Cl2N2O2/c1-15(2,3)21-14(20)19-8-13(9-19)18-7-10-4-11(16)6-12(17)5-10/h4-6,13,18H,7-9H2,1-3H3. The van der Waals surface area contributed by atoms with Crippen LogP contribution in [0, 0.1) is 0 Å². The molecule has 0 saturated carbocycles. The van der Waals surface area contributed by atoms with Crippen LogP contribution < -0.4 is 5.32 Å². The fraction of sp³-hybridized carbons (Fsp3) is 0.533. The van der Waals surface area contributed by atoms with Gasteiger partial charge in [0.2, 0.25) is 0 Å². The average molecular weight is 331 g/mol. The molecule has 1 fully saturated rings. The summed E-state index contributed by atoms with van der Waals surface area (Å²) in [7, 11) is 0. The van der Waals surface area contributed by atoms with Crippen LogP contribution in [-0.2, 0) is 11.3 Å². The minimum atomic E-state index is -0.451. The highest BCUT2D eigenvalue weighted by Gasteiger charge is 2.33. The summed E-state index contributed by atoms with van der Waals surface area (Å²) in [6.45, 7) is 7.58. The third-order valence-corrected chi connectivity index (χ3v) is 3.49. The lowest BCUT2D eigenvalue weighted by Gasteiger charge is -2.40. The zero-order valence-corrected chi connectivity index (χ0v) is 14.0. The second-order valence-corrected chi connectivity index (χ2v) is 7.11. The largest absolute Gasteiger partial charge is 0.444 e. The molecule has 116 valence electrons. The molecule has 21 heavy (non-hydrogen) atoms. The van der Waals surface area contributed by atoms with E-state index < -0.39 is 5.60 Å². The Balaban J connectivity index is 1.74. The van der Waals surface area contributed by atoms with Crippen molar-refractivity contribution in [3.05, 3.63) is 33.8 Å². The second kappa shape index (κ2) is 6.42. The van der Waals surface area contributed by atoms with E-state index in [2.05, 4.69) is 5.32 Å². The first-order chi connectivity index (χ1) is 9.73. The number of rotatable bonds is 3. The van der Waals surface area contributed by atoms with E-state index in [1.54, 1.807) is 11.0 Å². The summed E-state index contributed by atoms with van der Waals surface area (Å²) in [5.41, 5.74) is 0.580. The maximum atomic E-state index is 11.8. The molecule has 0 radical (unpaired) electrons. The number of ether oxygens (including phenoxy) is 1. The van der Waals surface area contributed by atoms with Gasteiger partial charge in [-0.15, -0.1) is 0 Å². The molecule has 0 atom stereocenters. The number of likely N-dealkylation sites (tertiary alicyclic amines) is 1. The van der Waals surface area contributed by atoms with Crippen molar-refractivity contribution in [3.63, 3.8) is 0 Å². The van der Waals surface area contributed by atoms with Crippen molar-refractivity contribution in [1.82, 2.24) is 10.2 Å². The molecule has 0 bridgehead atoms. The van der Waals surface area contributed by atoms with Gasteiger partial charge >= 0.3 is 6.09 Å². The number of carbonyl (C=O) groups excluding carboxylic acids is 1. The summed E-state index contributed by atoms with van der Waals surface area (Å²) in [4.78, 5) is 13.5. The van der Waals surface area contributed by atoms with E-state index in [1.165, 1.54) is 0 Å². The molecule has 0 aliphatic carbocycles. The van der Waals surface area contributed by atoms with E-state index in [9.17, 15) is 4.79 Å². The van der Waals surface area contributed by atoms with Crippen molar-refractivity contribution in [2.24, 2.45) is 0 Å². The quantitative estimate of drug-likeness (QED) is 0.918. The molecular formula is C15H20Cl2N2O2. The predicted molar refractivity (Wildman–Crippen MR) is 84.9 cm³/mol. The Kier molecular flexibility index (Phi) is 5.02. The Morgan fingerprint density at radius 3 is 2.38 bits per heavy atom. The van der Waals surface area contributed by atoms with Crippen LogP contribution in [0.15, 0.2) is 18.2 Å². The average Bonchev–Trinajstić information content (AvgIpc) is 2.22. The number of nitrogens with zero attached hydrogens (tertiary/aromatic N) is 1. The molecule has 1 N–H and O–H groups in total. The van der Waals surface area contributed by atoms with Crippen molar-refractivity contribution in [1.29, 1.82) is 0 Å². The Labute approximate surface area is 135 Å². The smallest absolute Gasteiger partial charge is 0.410 e. The molecule has 1 amide bonds. The number of hydrogen-bond donors (Lipinski definition) is 1. The molecule has 6 heteroatoms. The number of nitrogens with one attached hydrogen (secondary N) is 1. The van der Waals surface area contributed by atoms with Gasteiger partial charge in [-0.2, -0.15) is 0 Å². The van der Waals surface area contributed by atoms with Crippen LogP contribution in [0.1, 0.15) is 26.3 Å². The molecule has 0 unspecified atom stereocenters. The molecule has 0 aromatic heterocycles. The van der Waals surface area contributed by atoms with Gasteiger partial charge in [0.05, 0.1) is 0 Å². The van der Waals surface area contributed by atoms with Crippen molar-refractivity contribution < 1.29 is 9.53 Å². The first-order valence-electron chi connectivity index (χ1n) is 6.89. The minimum Gasteiger partial charge on any atom is -0.444 e. The monoisotopic (exact) mass is 330 g/mol. The summed E-state index contributed by atoms with van der Waals surface area (Å²) in [5, 5.41) is 4.63. The summed E-state index contributed by atoms with van der Waals surface area (Å²) >= 11 is 11.9. The molecule has 2 rings (SSSR count). The van der Waals surface area contributed by atoms with Crippen LogP contribution in [0.5, 0.6) is 0 Å². The Hall–Kier alpha value is -0.970. The van der Waals surface area contributed by atoms with Crippen LogP contribution in [0.25, 0.3) is 0 Å². The zero-order chi connectivity index (χ0) is 15.6. The van der Waals surface area contributed by atoms with E-state index in [0.29, 0.717) is 29.7 Å². The third-order valence-electron chi connectivity index (χ3n) is 3.05. The number of benzene rings is 1. The summed E-state index contributed by atoms with van der Waals surface area (Å²) in [6, 6.07) is 5.74. The molecule has 1 heterocycles. The lowest BCUT2D eigenvalue weighted by Crippen LogP contribution is -2.60. The van der Waals surface area contributed by atoms with E-state index in [-0.39, 0.29) is 12.1 Å². The van der Waals surface area contributed by atoms with E-state index in [0.717, 1.165) is 5.56 Å². The highest BCUT2D eigenvalue weighted by molar-refractivity contribution is 6.34. The van der Waals surface area contributed by atoms with Gasteiger partial charge < -0.3 is 15.0 Å². The lowest BCUT2D eigenvalue weighted by atomic mass is 10.1. The normalized spacial score (nSPS) is 15.8. The van der Waals surface area contributed by atoms with Gasteiger partial charge in [-0.1, -0.05) is 23.2 Å². The van der Waals surface area contributed by atoms with Crippen LogP contribution >= 0.6 is 23.2 Å². The Bertz CT molecular complexity index is 503. The molecule has 1 aromatic carbocycles. The van der Waals surface area contributed by atoms with Gasteiger partial charge in [-0.3, -0.25) is 0 Å². The third kappa shape index (κ3) is 5.06. The van der Waals surface area contributed by atoms with Gasteiger partial charge in [0.15, 0.2) is 0 Å². The van der Waals surface area contributed by atoms with Gasteiger partial charge in [-0.05, 0) is 44.5 Å². The van der Waals surface area contributed by atoms with Crippen molar-refractivity contribution >= 4 is 29.3 Å². The van der Waals surface area contributed by atoms with Crippen LogP contribution in [0.4, 0.5) is 4.79 Å². The summed E-state index contributed by atoms with van der Waals surface area (Å²) < 4.78 is 5.31. The molecule has 1 aliphatic rings. The maximum Gasteiger partial charge on any atom is 0.410 e. The van der Waals surface area contributed by atoms with Crippen molar-refractivity contribution in [3.8, 4) is 0 Å². The van der Waals surface area contributed by atoms with Crippen molar-refractivity contribution in [2.75, 3.05) is 13.1 Å². The van der Waals surface area contributed by atoms with Crippen LogP contribution in [0.2, 0.25) is 10.0 Å². The summed E-state index contributed by atoms with van der Waals surface area (Å²) in [6.07, 6.45) is -0.258. The number of halogens is 2. The Morgan fingerprint density at radius 2 is 1.86 bits per heavy atom. The van der Waals surface area contributed by atoms with Gasteiger partial charge in [0.25, 0.3) is 0 Å². The van der Waals surface area contributed by atoms with Crippen molar-refractivity contribution in [2.45, 2.75) is 39.0 Å². The van der Waals surface area contributed by atoms with Gasteiger partial charge in [0, 0.05) is 35.7 Å². The first-order valence-corrected chi connectivity index (χ1v) is 7.65.